The first kappa shape index (κ1) is 19.2. The molecule has 3 atom stereocenters. The second-order valence-corrected chi connectivity index (χ2v) is 7.43. The van der Waals surface area contributed by atoms with Gasteiger partial charge in [0, 0.05) is 32.1 Å². The van der Waals surface area contributed by atoms with Crippen molar-refractivity contribution in [2.75, 3.05) is 39.3 Å². The highest BCUT2D eigenvalue weighted by Crippen LogP contribution is 2.34. The van der Waals surface area contributed by atoms with E-state index in [2.05, 4.69) is 12.1 Å². The third-order valence-corrected chi connectivity index (χ3v) is 5.64. The van der Waals surface area contributed by atoms with Crippen LogP contribution in [0.5, 0.6) is 0 Å². The molecular weight excluding hydrogens is 343 g/mol. The van der Waals surface area contributed by atoms with Gasteiger partial charge in [0.25, 0.3) is 0 Å². The minimum absolute atomic E-state index is 0.113. The SMILES string of the molecule is NC[C@@H]1CN(CC(=O)N2CCCC(C(F)(F)F)C2)C[C@H]1c1ccccc1. The lowest BCUT2D eigenvalue weighted by Gasteiger charge is -2.34. The first-order valence-corrected chi connectivity index (χ1v) is 9.20. The highest BCUT2D eigenvalue weighted by atomic mass is 19.4. The molecule has 26 heavy (non-hydrogen) atoms. The average molecular weight is 369 g/mol. The van der Waals surface area contributed by atoms with Crippen LogP contribution in [-0.2, 0) is 4.79 Å². The van der Waals surface area contributed by atoms with Crippen molar-refractivity contribution in [1.82, 2.24) is 9.80 Å². The van der Waals surface area contributed by atoms with Crippen LogP contribution in [0.25, 0.3) is 0 Å². The summed E-state index contributed by atoms with van der Waals surface area (Å²) in [4.78, 5) is 16.0. The Morgan fingerprint density at radius 1 is 1.15 bits per heavy atom. The molecule has 4 nitrogen and oxygen atoms in total. The molecule has 1 aromatic rings. The van der Waals surface area contributed by atoms with E-state index in [-0.39, 0.29) is 37.3 Å². The van der Waals surface area contributed by atoms with Crippen LogP contribution < -0.4 is 5.73 Å². The van der Waals surface area contributed by atoms with Gasteiger partial charge in [-0.05, 0) is 30.9 Å². The van der Waals surface area contributed by atoms with Crippen molar-refractivity contribution in [2.45, 2.75) is 24.9 Å². The van der Waals surface area contributed by atoms with Crippen LogP contribution in [0.2, 0.25) is 0 Å². The molecule has 2 heterocycles. The number of halogens is 3. The molecule has 0 radical (unpaired) electrons. The number of carbonyl (C=O) groups is 1. The summed E-state index contributed by atoms with van der Waals surface area (Å²) < 4.78 is 38.9. The van der Waals surface area contributed by atoms with E-state index in [1.807, 2.05) is 23.1 Å². The quantitative estimate of drug-likeness (QED) is 0.887. The summed E-state index contributed by atoms with van der Waals surface area (Å²) in [5, 5.41) is 0. The molecule has 3 rings (SSSR count). The molecule has 0 bridgehead atoms. The average Bonchev–Trinajstić information content (AvgIpc) is 3.04. The highest BCUT2D eigenvalue weighted by Gasteiger charge is 2.43. The van der Waals surface area contributed by atoms with Gasteiger partial charge < -0.3 is 10.6 Å². The number of piperidine rings is 1. The number of amides is 1. The first-order chi connectivity index (χ1) is 12.4. The fraction of sp³-hybridized carbons (Fsp3) is 0.632. The lowest BCUT2D eigenvalue weighted by molar-refractivity contribution is -0.188. The van der Waals surface area contributed by atoms with Gasteiger partial charge in [-0.3, -0.25) is 9.69 Å². The molecular formula is C19H26F3N3O. The molecule has 2 saturated heterocycles. The number of hydrogen-bond donors (Lipinski definition) is 1. The molecule has 1 unspecified atom stereocenters. The fourth-order valence-corrected chi connectivity index (χ4v) is 4.17. The monoisotopic (exact) mass is 369 g/mol. The lowest BCUT2D eigenvalue weighted by atomic mass is 9.89. The summed E-state index contributed by atoms with van der Waals surface area (Å²) >= 11 is 0. The van der Waals surface area contributed by atoms with Crippen LogP contribution >= 0.6 is 0 Å². The zero-order chi connectivity index (χ0) is 18.7. The normalized spacial score (nSPS) is 27.7. The Morgan fingerprint density at radius 3 is 2.54 bits per heavy atom. The number of alkyl halides is 3. The van der Waals surface area contributed by atoms with Gasteiger partial charge in [0.2, 0.25) is 5.91 Å². The number of hydrogen-bond acceptors (Lipinski definition) is 3. The van der Waals surface area contributed by atoms with E-state index in [9.17, 15) is 18.0 Å². The molecule has 7 heteroatoms. The van der Waals surface area contributed by atoms with E-state index in [1.165, 1.54) is 10.5 Å². The number of carbonyl (C=O) groups excluding carboxylic acids is 1. The van der Waals surface area contributed by atoms with Crippen molar-refractivity contribution in [1.29, 1.82) is 0 Å². The molecule has 2 N–H and O–H groups in total. The van der Waals surface area contributed by atoms with Gasteiger partial charge in [-0.1, -0.05) is 30.3 Å². The standard InChI is InChI=1S/C19H26F3N3O/c20-19(21,22)16-7-4-8-25(11-16)18(26)13-24-10-15(9-23)17(12-24)14-5-2-1-3-6-14/h1-3,5-6,15-17H,4,7-13,23H2/t15-,16?,17+/m1/s1. The van der Waals surface area contributed by atoms with Gasteiger partial charge in [-0.25, -0.2) is 0 Å². The molecule has 2 fully saturated rings. The van der Waals surface area contributed by atoms with E-state index in [0.29, 0.717) is 32.6 Å². The van der Waals surface area contributed by atoms with Crippen molar-refractivity contribution in [2.24, 2.45) is 17.6 Å². The number of benzene rings is 1. The Morgan fingerprint density at radius 2 is 1.88 bits per heavy atom. The minimum atomic E-state index is -4.23. The van der Waals surface area contributed by atoms with Crippen LogP contribution in [0.3, 0.4) is 0 Å². The predicted octanol–water partition coefficient (Wildman–Crippen LogP) is 2.46. The van der Waals surface area contributed by atoms with Gasteiger partial charge in [-0.15, -0.1) is 0 Å². The largest absolute Gasteiger partial charge is 0.393 e. The number of nitrogens with zero attached hydrogens (tertiary/aromatic N) is 2. The van der Waals surface area contributed by atoms with Crippen LogP contribution in [0.4, 0.5) is 13.2 Å². The van der Waals surface area contributed by atoms with Gasteiger partial charge in [-0.2, -0.15) is 13.2 Å². The molecule has 0 saturated carbocycles. The smallest absolute Gasteiger partial charge is 0.341 e. The van der Waals surface area contributed by atoms with Crippen molar-refractivity contribution in [3.05, 3.63) is 35.9 Å². The van der Waals surface area contributed by atoms with Crippen molar-refractivity contribution in [3.63, 3.8) is 0 Å². The maximum absolute atomic E-state index is 13.0. The maximum Gasteiger partial charge on any atom is 0.393 e. The van der Waals surface area contributed by atoms with E-state index in [1.54, 1.807) is 0 Å². The molecule has 1 amide bonds. The van der Waals surface area contributed by atoms with E-state index in [4.69, 9.17) is 5.73 Å². The Hall–Kier alpha value is -1.60. The second kappa shape index (κ2) is 7.96. The fourth-order valence-electron chi connectivity index (χ4n) is 4.17. The first-order valence-electron chi connectivity index (χ1n) is 9.20. The summed E-state index contributed by atoms with van der Waals surface area (Å²) in [5.41, 5.74) is 7.12. The van der Waals surface area contributed by atoms with Crippen LogP contribution in [-0.4, -0.2) is 61.2 Å². The van der Waals surface area contributed by atoms with Gasteiger partial charge in [0.05, 0.1) is 12.5 Å². The molecule has 0 aromatic heterocycles. The van der Waals surface area contributed by atoms with E-state index >= 15 is 0 Å². The molecule has 144 valence electrons. The third-order valence-electron chi connectivity index (χ3n) is 5.64. The minimum Gasteiger partial charge on any atom is -0.341 e. The lowest BCUT2D eigenvalue weighted by Crippen LogP contribution is -2.47. The summed E-state index contributed by atoms with van der Waals surface area (Å²) in [6.07, 6.45) is -3.70. The summed E-state index contributed by atoms with van der Waals surface area (Å²) in [7, 11) is 0. The molecule has 0 aliphatic carbocycles. The number of rotatable bonds is 4. The maximum atomic E-state index is 13.0. The van der Waals surface area contributed by atoms with Gasteiger partial charge in [0.15, 0.2) is 0 Å². The van der Waals surface area contributed by atoms with Gasteiger partial charge >= 0.3 is 6.18 Å². The zero-order valence-corrected chi connectivity index (χ0v) is 14.8. The van der Waals surface area contributed by atoms with E-state index < -0.39 is 12.1 Å². The molecule has 2 aliphatic heterocycles. The third kappa shape index (κ3) is 4.38. The summed E-state index contributed by atoms with van der Waals surface area (Å²) in [5.74, 6) is -1.08. The second-order valence-electron chi connectivity index (χ2n) is 7.43. The summed E-state index contributed by atoms with van der Waals surface area (Å²) in [6, 6.07) is 10.1. The van der Waals surface area contributed by atoms with Gasteiger partial charge in [0.1, 0.15) is 0 Å². The molecule has 0 spiro atoms. The zero-order valence-electron chi connectivity index (χ0n) is 14.8. The summed E-state index contributed by atoms with van der Waals surface area (Å²) in [6.45, 7) is 2.33. The Bertz CT molecular complexity index is 608. The van der Waals surface area contributed by atoms with Crippen molar-refractivity contribution >= 4 is 5.91 Å². The highest BCUT2D eigenvalue weighted by molar-refractivity contribution is 5.78. The predicted molar refractivity (Wildman–Crippen MR) is 93.5 cm³/mol. The topological polar surface area (TPSA) is 49.6 Å². The van der Waals surface area contributed by atoms with Crippen molar-refractivity contribution < 1.29 is 18.0 Å². The number of likely N-dealkylation sites (tertiary alicyclic amines) is 2. The Balaban J connectivity index is 1.59. The Kier molecular flexibility index (Phi) is 5.87. The Labute approximate surface area is 152 Å². The van der Waals surface area contributed by atoms with Crippen LogP contribution in [0, 0.1) is 11.8 Å². The van der Waals surface area contributed by atoms with Crippen molar-refractivity contribution in [3.8, 4) is 0 Å². The van der Waals surface area contributed by atoms with E-state index in [0.717, 1.165) is 0 Å². The molecule has 1 aromatic carbocycles. The van der Waals surface area contributed by atoms with Crippen LogP contribution in [0.1, 0.15) is 24.3 Å². The number of nitrogens with two attached hydrogens (primary N) is 1. The van der Waals surface area contributed by atoms with Crippen LogP contribution in [0.15, 0.2) is 30.3 Å². The molecule has 2 aliphatic rings.